The summed E-state index contributed by atoms with van der Waals surface area (Å²) in [7, 11) is -3.45. The lowest BCUT2D eigenvalue weighted by molar-refractivity contribution is 0.276. The van der Waals surface area contributed by atoms with E-state index in [0.717, 1.165) is 0 Å². The van der Waals surface area contributed by atoms with Gasteiger partial charge in [0.1, 0.15) is 17.4 Å². The highest BCUT2D eigenvalue weighted by molar-refractivity contribution is 7.95. The lowest BCUT2D eigenvalue weighted by Crippen LogP contribution is -2.21. The van der Waals surface area contributed by atoms with Gasteiger partial charge in [-0.2, -0.15) is 5.26 Å². The molecule has 7 heteroatoms. The summed E-state index contributed by atoms with van der Waals surface area (Å²) in [6, 6.07) is 8.72. The molecule has 2 aliphatic heterocycles. The molecule has 0 aromatic heterocycles. The molecule has 21 heavy (non-hydrogen) atoms. The minimum absolute atomic E-state index is 0.0271. The number of rotatable bonds is 1. The maximum absolute atomic E-state index is 12.3. The standard InChI is InChI=1S/C14H11ClN2O3S/c15-9-3-1-2-8(6-9)12-10(7-16)14(17)20-11-4-5-21(18,19)13(11)12/h1-3,6,12H,4-5,17H2/t12-/m1/s1. The highest BCUT2D eigenvalue weighted by Gasteiger charge is 2.43. The van der Waals surface area contributed by atoms with Crippen LogP contribution in [0.15, 0.2) is 46.4 Å². The summed E-state index contributed by atoms with van der Waals surface area (Å²) in [6.45, 7) is 0. The molecule has 0 bridgehead atoms. The van der Waals surface area contributed by atoms with Crippen molar-refractivity contribution in [3.8, 4) is 6.07 Å². The van der Waals surface area contributed by atoms with Gasteiger partial charge >= 0.3 is 0 Å². The average Bonchev–Trinajstić information content (AvgIpc) is 2.72. The number of hydrogen-bond donors (Lipinski definition) is 1. The third kappa shape index (κ3) is 2.19. The van der Waals surface area contributed by atoms with Gasteiger partial charge in [0.15, 0.2) is 9.84 Å². The highest BCUT2D eigenvalue weighted by Crippen LogP contribution is 2.46. The number of hydrogen-bond acceptors (Lipinski definition) is 5. The minimum Gasteiger partial charge on any atom is -0.444 e. The quantitative estimate of drug-likeness (QED) is 0.855. The van der Waals surface area contributed by atoms with Crippen LogP contribution in [0.2, 0.25) is 5.02 Å². The zero-order valence-corrected chi connectivity index (χ0v) is 12.4. The van der Waals surface area contributed by atoms with Crippen LogP contribution in [-0.2, 0) is 14.6 Å². The molecule has 0 unspecified atom stereocenters. The summed E-state index contributed by atoms with van der Waals surface area (Å²) < 4.78 is 29.9. The van der Waals surface area contributed by atoms with Crippen molar-refractivity contribution in [2.24, 2.45) is 5.73 Å². The van der Waals surface area contributed by atoms with E-state index in [4.69, 9.17) is 22.1 Å². The maximum Gasteiger partial charge on any atom is 0.205 e. The van der Waals surface area contributed by atoms with Gasteiger partial charge in [-0.3, -0.25) is 0 Å². The van der Waals surface area contributed by atoms with Crippen LogP contribution in [0.1, 0.15) is 17.9 Å². The van der Waals surface area contributed by atoms with Crippen molar-refractivity contribution in [1.29, 1.82) is 5.26 Å². The number of nitrogens with two attached hydrogens (primary N) is 1. The van der Waals surface area contributed by atoms with Gasteiger partial charge in [-0.15, -0.1) is 0 Å². The molecule has 1 atom stereocenters. The van der Waals surface area contributed by atoms with Crippen LogP contribution in [0.3, 0.4) is 0 Å². The molecule has 2 aliphatic rings. The van der Waals surface area contributed by atoms with Crippen LogP contribution < -0.4 is 5.73 Å². The molecule has 0 radical (unpaired) electrons. The highest BCUT2D eigenvalue weighted by atomic mass is 35.5. The summed E-state index contributed by atoms with van der Waals surface area (Å²) in [5, 5.41) is 9.80. The van der Waals surface area contributed by atoms with Crippen LogP contribution in [-0.4, -0.2) is 14.2 Å². The maximum atomic E-state index is 12.3. The van der Waals surface area contributed by atoms with Crippen LogP contribution in [0, 0.1) is 11.3 Å². The van der Waals surface area contributed by atoms with Gasteiger partial charge in [-0.1, -0.05) is 23.7 Å². The van der Waals surface area contributed by atoms with E-state index >= 15 is 0 Å². The predicted octanol–water partition coefficient (Wildman–Crippen LogP) is 2.18. The van der Waals surface area contributed by atoms with Crippen molar-refractivity contribution in [2.75, 3.05) is 5.75 Å². The summed E-state index contributed by atoms with van der Waals surface area (Å²) in [4.78, 5) is 0.135. The normalized spacial score (nSPS) is 23.5. The van der Waals surface area contributed by atoms with Crippen LogP contribution in [0.25, 0.3) is 0 Å². The Hall–Kier alpha value is -1.97. The summed E-state index contributed by atoms with van der Waals surface area (Å²) in [6.07, 6.45) is 0.272. The Morgan fingerprint density at radius 2 is 2.19 bits per heavy atom. The van der Waals surface area contributed by atoms with E-state index in [1.165, 1.54) is 0 Å². The van der Waals surface area contributed by atoms with Gasteiger partial charge in [0.2, 0.25) is 5.88 Å². The van der Waals surface area contributed by atoms with Gasteiger partial charge in [-0.25, -0.2) is 8.42 Å². The fourth-order valence-corrected chi connectivity index (χ4v) is 4.64. The number of nitriles is 1. The third-order valence-electron chi connectivity index (χ3n) is 3.56. The van der Waals surface area contributed by atoms with E-state index < -0.39 is 15.8 Å². The average molecular weight is 323 g/mol. The van der Waals surface area contributed by atoms with Gasteiger partial charge in [0, 0.05) is 11.4 Å². The Balaban J connectivity index is 2.25. The van der Waals surface area contributed by atoms with Crippen molar-refractivity contribution in [3.05, 3.63) is 57.0 Å². The van der Waals surface area contributed by atoms with Crippen LogP contribution in [0.5, 0.6) is 0 Å². The number of allylic oxidation sites excluding steroid dienone is 3. The van der Waals surface area contributed by atoms with Crippen molar-refractivity contribution in [2.45, 2.75) is 12.3 Å². The van der Waals surface area contributed by atoms with Crippen LogP contribution in [0.4, 0.5) is 0 Å². The topological polar surface area (TPSA) is 93.2 Å². The van der Waals surface area contributed by atoms with E-state index in [0.29, 0.717) is 16.3 Å². The molecular formula is C14H11ClN2O3S. The molecule has 0 amide bonds. The first-order chi connectivity index (χ1) is 9.94. The lowest BCUT2D eigenvalue weighted by atomic mass is 9.89. The van der Waals surface area contributed by atoms with E-state index in [2.05, 4.69) is 0 Å². The van der Waals surface area contributed by atoms with Crippen molar-refractivity contribution < 1.29 is 13.2 Å². The summed E-state index contributed by atoms with van der Waals surface area (Å²) in [5.41, 5.74) is 6.49. The molecule has 2 heterocycles. The smallest absolute Gasteiger partial charge is 0.205 e. The molecule has 1 aromatic rings. The molecule has 108 valence electrons. The first-order valence-corrected chi connectivity index (χ1v) is 8.26. The number of ether oxygens (including phenoxy) is 1. The zero-order valence-electron chi connectivity index (χ0n) is 10.8. The molecule has 0 saturated heterocycles. The lowest BCUT2D eigenvalue weighted by Gasteiger charge is -2.25. The Morgan fingerprint density at radius 1 is 1.43 bits per heavy atom. The molecule has 0 spiro atoms. The van der Waals surface area contributed by atoms with E-state index in [-0.39, 0.29) is 28.5 Å². The van der Waals surface area contributed by atoms with Gasteiger partial charge in [-0.05, 0) is 17.7 Å². The van der Waals surface area contributed by atoms with E-state index in [1.807, 2.05) is 6.07 Å². The van der Waals surface area contributed by atoms with Gasteiger partial charge < -0.3 is 10.5 Å². The van der Waals surface area contributed by atoms with Gasteiger partial charge in [0.05, 0.1) is 16.6 Å². The molecular weight excluding hydrogens is 312 g/mol. The third-order valence-corrected chi connectivity index (χ3v) is 5.67. The first-order valence-electron chi connectivity index (χ1n) is 6.23. The fourth-order valence-electron chi connectivity index (χ4n) is 2.66. The number of nitrogens with zero attached hydrogens (tertiary/aromatic N) is 1. The minimum atomic E-state index is -3.45. The second-order valence-corrected chi connectivity index (χ2v) is 7.35. The molecule has 0 saturated carbocycles. The Kier molecular flexibility index (Phi) is 3.19. The molecule has 2 N–H and O–H groups in total. The van der Waals surface area contributed by atoms with Crippen molar-refractivity contribution in [1.82, 2.24) is 0 Å². The molecule has 0 fully saturated rings. The largest absolute Gasteiger partial charge is 0.444 e. The van der Waals surface area contributed by atoms with Crippen molar-refractivity contribution >= 4 is 21.4 Å². The molecule has 1 aromatic carbocycles. The second-order valence-electron chi connectivity index (χ2n) is 4.84. The summed E-state index contributed by atoms with van der Waals surface area (Å²) >= 11 is 5.98. The first kappa shape index (κ1) is 14.0. The molecule has 5 nitrogen and oxygen atoms in total. The zero-order chi connectivity index (χ0) is 15.2. The van der Waals surface area contributed by atoms with Crippen LogP contribution >= 0.6 is 11.6 Å². The SMILES string of the molecule is N#CC1=C(N)OC2=C([C@@H]1c1cccc(Cl)c1)S(=O)(=O)CC2. The number of halogens is 1. The number of benzene rings is 1. The monoisotopic (exact) mass is 322 g/mol. The number of sulfone groups is 1. The predicted molar refractivity (Wildman–Crippen MR) is 77.5 cm³/mol. The van der Waals surface area contributed by atoms with E-state index in [1.54, 1.807) is 24.3 Å². The fraction of sp³-hybridized carbons (Fsp3) is 0.214. The second kappa shape index (κ2) is 4.79. The Morgan fingerprint density at radius 3 is 2.86 bits per heavy atom. The van der Waals surface area contributed by atoms with Crippen molar-refractivity contribution in [3.63, 3.8) is 0 Å². The molecule has 0 aliphatic carbocycles. The van der Waals surface area contributed by atoms with Gasteiger partial charge in [0.25, 0.3) is 0 Å². The van der Waals surface area contributed by atoms with E-state index in [9.17, 15) is 13.7 Å². The summed E-state index contributed by atoms with van der Waals surface area (Å²) in [5.74, 6) is -0.486. The molecule has 3 rings (SSSR count). The Bertz CT molecular complexity index is 834. The Labute approximate surface area is 127 Å².